The molecular formula is C15H21NO4. The van der Waals surface area contributed by atoms with Crippen LogP contribution in [0.4, 0.5) is 0 Å². The summed E-state index contributed by atoms with van der Waals surface area (Å²) in [4.78, 5) is 22.9. The highest BCUT2D eigenvalue weighted by Gasteiger charge is 2.20. The molecule has 1 aromatic carbocycles. The lowest BCUT2D eigenvalue weighted by molar-refractivity contribution is -0.137. The maximum atomic E-state index is 12.1. The second-order valence-corrected chi connectivity index (χ2v) is 5.05. The normalized spacial score (nSPS) is 12.2. The van der Waals surface area contributed by atoms with E-state index in [9.17, 15) is 9.59 Å². The highest BCUT2D eigenvalue weighted by atomic mass is 16.5. The highest BCUT2D eigenvalue weighted by molar-refractivity contribution is 5.94. The summed E-state index contributed by atoms with van der Waals surface area (Å²) in [6.45, 7) is 4.26. The number of ether oxygens (including phenoxy) is 1. The van der Waals surface area contributed by atoms with E-state index in [1.54, 1.807) is 19.2 Å². The number of carbonyl (C=O) groups excluding carboxylic acids is 1. The first-order chi connectivity index (χ1) is 9.43. The Hall–Kier alpha value is -1.88. The number of aliphatic carboxylic acids is 1. The van der Waals surface area contributed by atoms with Gasteiger partial charge < -0.3 is 15.2 Å². The van der Waals surface area contributed by atoms with Gasteiger partial charge in [0.05, 0.1) is 13.0 Å². The van der Waals surface area contributed by atoms with E-state index in [0.717, 1.165) is 5.56 Å². The lowest BCUT2D eigenvalue weighted by atomic mass is 10.0. The molecule has 2 N–H and O–H groups in total. The van der Waals surface area contributed by atoms with Crippen LogP contribution in [0.25, 0.3) is 0 Å². The lowest BCUT2D eigenvalue weighted by Gasteiger charge is -2.20. The fraction of sp³-hybridized carbons (Fsp3) is 0.467. The SMILES string of the molecule is COCc1ccc(C(=O)NC(CC(=O)O)C(C)C)cc1. The van der Waals surface area contributed by atoms with Gasteiger partial charge in [0, 0.05) is 18.7 Å². The first-order valence-corrected chi connectivity index (χ1v) is 6.54. The van der Waals surface area contributed by atoms with Crippen molar-refractivity contribution in [2.24, 2.45) is 5.92 Å². The molecule has 110 valence electrons. The molecule has 0 radical (unpaired) electrons. The zero-order valence-corrected chi connectivity index (χ0v) is 12.1. The molecule has 5 nitrogen and oxygen atoms in total. The second-order valence-electron chi connectivity index (χ2n) is 5.05. The van der Waals surface area contributed by atoms with E-state index in [4.69, 9.17) is 9.84 Å². The van der Waals surface area contributed by atoms with Gasteiger partial charge in [-0.15, -0.1) is 0 Å². The van der Waals surface area contributed by atoms with Crippen LogP contribution in [0.3, 0.4) is 0 Å². The number of nitrogens with one attached hydrogen (secondary N) is 1. The van der Waals surface area contributed by atoms with Crippen LogP contribution in [0.15, 0.2) is 24.3 Å². The lowest BCUT2D eigenvalue weighted by Crippen LogP contribution is -2.40. The molecule has 20 heavy (non-hydrogen) atoms. The molecule has 0 aliphatic carbocycles. The van der Waals surface area contributed by atoms with E-state index >= 15 is 0 Å². The van der Waals surface area contributed by atoms with E-state index in [1.807, 2.05) is 26.0 Å². The van der Waals surface area contributed by atoms with Gasteiger partial charge >= 0.3 is 5.97 Å². The maximum absolute atomic E-state index is 12.1. The zero-order valence-electron chi connectivity index (χ0n) is 12.1. The molecule has 1 aromatic rings. The van der Waals surface area contributed by atoms with Crippen LogP contribution in [-0.2, 0) is 16.1 Å². The predicted molar refractivity (Wildman–Crippen MR) is 75.5 cm³/mol. The third-order valence-electron chi connectivity index (χ3n) is 3.04. The molecule has 0 spiro atoms. The van der Waals surface area contributed by atoms with Gasteiger partial charge in [-0.2, -0.15) is 0 Å². The molecule has 0 heterocycles. The number of carbonyl (C=O) groups is 2. The first kappa shape index (κ1) is 16.2. The number of hydrogen-bond acceptors (Lipinski definition) is 3. The Labute approximate surface area is 118 Å². The quantitative estimate of drug-likeness (QED) is 0.801. The molecule has 0 aromatic heterocycles. The van der Waals surface area contributed by atoms with Crippen LogP contribution in [0.5, 0.6) is 0 Å². The van der Waals surface area contributed by atoms with Gasteiger partial charge in [0.15, 0.2) is 0 Å². The number of carboxylic acid groups (broad SMARTS) is 1. The summed E-state index contributed by atoms with van der Waals surface area (Å²) in [5.41, 5.74) is 1.50. The van der Waals surface area contributed by atoms with Crippen molar-refractivity contribution < 1.29 is 19.4 Å². The number of amides is 1. The number of rotatable bonds is 7. The Bertz CT molecular complexity index is 453. The van der Waals surface area contributed by atoms with Gasteiger partial charge in [0.1, 0.15) is 0 Å². The third-order valence-corrected chi connectivity index (χ3v) is 3.04. The average molecular weight is 279 g/mol. The Morgan fingerprint density at radius 3 is 2.30 bits per heavy atom. The van der Waals surface area contributed by atoms with Gasteiger partial charge in [-0.1, -0.05) is 26.0 Å². The smallest absolute Gasteiger partial charge is 0.305 e. The Morgan fingerprint density at radius 1 is 1.25 bits per heavy atom. The van der Waals surface area contributed by atoms with E-state index < -0.39 is 5.97 Å². The minimum Gasteiger partial charge on any atom is -0.481 e. The summed E-state index contributed by atoms with van der Waals surface area (Å²) in [6.07, 6.45) is -0.0782. The standard InChI is InChI=1S/C15H21NO4/c1-10(2)13(8-14(17)18)16-15(19)12-6-4-11(5-7-12)9-20-3/h4-7,10,13H,8-9H2,1-3H3,(H,16,19)(H,17,18). The van der Waals surface area contributed by atoms with E-state index in [-0.39, 0.29) is 24.3 Å². The van der Waals surface area contributed by atoms with Gasteiger partial charge in [-0.05, 0) is 23.6 Å². The van der Waals surface area contributed by atoms with Gasteiger partial charge in [0.25, 0.3) is 5.91 Å². The molecule has 0 bridgehead atoms. The van der Waals surface area contributed by atoms with E-state index in [1.165, 1.54) is 0 Å². The largest absolute Gasteiger partial charge is 0.481 e. The molecule has 0 saturated heterocycles. The Morgan fingerprint density at radius 2 is 1.85 bits per heavy atom. The number of carboxylic acids is 1. The van der Waals surface area contributed by atoms with Crippen LogP contribution >= 0.6 is 0 Å². The van der Waals surface area contributed by atoms with Crippen molar-refractivity contribution in [3.8, 4) is 0 Å². The van der Waals surface area contributed by atoms with E-state index in [0.29, 0.717) is 12.2 Å². The van der Waals surface area contributed by atoms with Crippen molar-refractivity contribution in [1.29, 1.82) is 0 Å². The number of hydrogen-bond donors (Lipinski definition) is 2. The average Bonchev–Trinajstić information content (AvgIpc) is 2.38. The summed E-state index contributed by atoms with van der Waals surface area (Å²) in [7, 11) is 1.61. The van der Waals surface area contributed by atoms with Crippen molar-refractivity contribution in [2.45, 2.75) is 32.9 Å². The van der Waals surface area contributed by atoms with Crippen LogP contribution in [0.2, 0.25) is 0 Å². The molecular weight excluding hydrogens is 258 g/mol. The fourth-order valence-corrected chi connectivity index (χ4v) is 1.81. The monoisotopic (exact) mass is 279 g/mol. The minimum atomic E-state index is -0.917. The molecule has 0 saturated carbocycles. The summed E-state index contributed by atoms with van der Waals surface area (Å²) in [6, 6.07) is 6.68. The molecule has 0 aliphatic heterocycles. The Balaban J connectivity index is 2.70. The second kappa shape index (κ2) is 7.65. The van der Waals surface area contributed by atoms with Crippen molar-refractivity contribution >= 4 is 11.9 Å². The summed E-state index contributed by atoms with van der Waals surface area (Å²) >= 11 is 0. The molecule has 0 aliphatic rings. The van der Waals surface area contributed by atoms with Crippen LogP contribution in [0.1, 0.15) is 36.2 Å². The van der Waals surface area contributed by atoms with Crippen molar-refractivity contribution in [2.75, 3.05) is 7.11 Å². The summed E-state index contributed by atoms with van der Waals surface area (Å²) in [5, 5.41) is 11.6. The molecule has 1 atom stereocenters. The van der Waals surface area contributed by atoms with E-state index in [2.05, 4.69) is 5.32 Å². The van der Waals surface area contributed by atoms with Gasteiger partial charge in [-0.3, -0.25) is 9.59 Å². The highest BCUT2D eigenvalue weighted by Crippen LogP contribution is 2.10. The number of methoxy groups -OCH3 is 1. The molecule has 5 heteroatoms. The summed E-state index contributed by atoms with van der Waals surface area (Å²) < 4.78 is 5.00. The fourth-order valence-electron chi connectivity index (χ4n) is 1.81. The summed E-state index contributed by atoms with van der Waals surface area (Å²) in [5.74, 6) is -1.11. The molecule has 1 unspecified atom stereocenters. The maximum Gasteiger partial charge on any atom is 0.305 e. The van der Waals surface area contributed by atoms with Gasteiger partial charge in [-0.25, -0.2) is 0 Å². The molecule has 1 rings (SSSR count). The van der Waals surface area contributed by atoms with Crippen LogP contribution in [0, 0.1) is 5.92 Å². The topological polar surface area (TPSA) is 75.6 Å². The molecule has 1 amide bonds. The van der Waals surface area contributed by atoms with Crippen molar-refractivity contribution in [1.82, 2.24) is 5.32 Å². The predicted octanol–water partition coefficient (Wildman–Crippen LogP) is 2.06. The Kier molecular flexibility index (Phi) is 6.18. The number of benzene rings is 1. The first-order valence-electron chi connectivity index (χ1n) is 6.54. The van der Waals surface area contributed by atoms with Crippen molar-refractivity contribution in [3.05, 3.63) is 35.4 Å². The third kappa shape index (κ3) is 5.01. The molecule has 0 fully saturated rings. The minimum absolute atomic E-state index is 0.0582. The van der Waals surface area contributed by atoms with Gasteiger partial charge in [0.2, 0.25) is 0 Å². The van der Waals surface area contributed by atoms with Crippen molar-refractivity contribution in [3.63, 3.8) is 0 Å². The van der Waals surface area contributed by atoms with Crippen LogP contribution in [-0.4, -0.2) is 30.1 Å². The van der Waals surface area contributed by atoms with Crippen LogP contribution < -0.4 is 5.32 Å². The zero-order chi connectivity index (χ0) is 15.1.